The van der Waals surface area contributed by atoms with Crippen molar-refractivity contribution in [1.82, 2.24) is 4.90 Å². The third-order valence-corrected chi connectivity index (χ3v) is 3.61. The summed E-state index contributed by atoms with van der Waals surface area (Å²) < 4.78 is 0. The zero-order valence-electron chi connectivity index (χ0n) is 11.9. The summed E-state index contributed by atoms with van der Waals surface area (Å²) in [6.07, 6.45) is 1.24. The zero-order valence-corrected chi connectivity index (χ0v) is 11.9. The van der Waals surface area contributed by atoms with E-state index in [-0.39, 0.29) is 24.6 Å². The van der Waals surface area contributed by atoms with Gasteiger partial charge in [0, 0.05) is 25.6 Å². The van der Waals surface area contributed by atoms with Gasteiger partial charge in [-0.05, 0) is 18.9 Å². The Morgan fingerprint density at radius 3 is 2.82 bits per heavy atom. The third kappa shape index (κ3) is 3.51. The quantitative estimate of drug-likeness (QED) is 0.608. The Bertz CT molecular complexity index is 590. The number of nitro groups is 1. The molecule has 22 heavy (non-hydrogen) atoms. The van der Waals surface area contributed by atoms with Crippen LogP contribution in [0.1, 0.15) is 19.3 Å². The largest absolute Gasteiger partial charge is 0.480 e. The van der Waals surface area contributed by atoms with Crippen LogP contribution in [0.3, 0.4) is 0 Å². The van der Waals surface area contributed by atoms with Crippen molar-refractivity contribution >= 4 is 23.3 Å². The number of carboxylic acid groups (broad SMARTS) is 1. The molecule has 1 aliphatic rings. The molecule has 0 aromatic heterocycles. The number of anilines is 1. The summed E-state index contributed by atoms with van der Waals surface area (Å²) in [5, 5.41) is 22.8. The Morgan fingerprint density at radius 1 is 1.41 bits per heavy atom. The summed E-state index contributed by atoms with van der Waals surface area (Å²) in [6, 6.07) is 5.43. The lowest BCUT2D eigenvalue weighted by molar-refractivity contribution is -0.384. The van der Waals surface area contributed by atoms with Crippen molar-refractivity contribution in [2.24, 2.45) is 0 Å². The molecule has 118 valence electrons. The number of rotatable bonds is 6. The maximum Gasteiger partial charge on any atom is 0.326 e. The molecule has 1 atom stereocenters. The molecule has 1 aliphatic heterocycles. The van der Waals surface area contributed by atoms with Gasteiger partial charge in [0.15, 0.2) is 0 Å². The van der Waals surface area contributed by atoms with Crippen LogP contribution in [0.2, 0.25) is 0 Å². The van der Waals surface area contributed by atoms with E-state index in [1.807, 2.05) is 0 Å². The lowest BCUT2D eigenvalue weighted by Gasteiger charge is -2.21. The fourth-order valence-electron chi connectivity index (χ4n) is 2.55. The van der Waals surface area contributed by atoms with E-state index in [1.165, 1.54) is 11.0 Å². The summed E-state index contributed by atoms with van der Waals surface area (Å²) in [5.74, 6) is -1.24. The van der Waals surface area contributed by atoms with Gasteiger partial charge in [-0.1, -0.05) is 12.1 Å². The first-order chi connectivity index (χ1) is 10.5. The summed E-state index contributed by atoms with van der Waals surface area (Å²) in [7, 11) is 0. The van der Waals surface area contributed by atoms with Crippen LogP contribution in [0, 0.1) is 10.1 Å². The number of carbonyl (C=O) groups excluding carboxylic acids is 1. The van der Waals surface area contributed by atoms with Gasteiger partial charge in [-0.3, -0.25) is 14.9 Å². The predicted octanol–water partition coefficient (Wildman–Crippen LogP) is 1.47. The zero-order chi connectivity index (χ0) is 16.1. The minimum absolute atomic E-state index is 0.0560. The van der Waals surface area contributed by atoms with Crippen molar-refractivity contribution in [3.63, 3.8) is 0 Å². The van der Waals surface area contributed by atoms with E-state index in [0.717, 1.165) is 0 Å². The molecule has 1 aromatic carbocycles. The summed E-state index contributed by atoms with van der Waals surface area (Å²) in [5.41, 5.74) is 0.288. The van der Waals surface area contributed by atoms with Crippen molar-refractivity contribution < 1.29 is 19.6 Å². The minimum atomic E-state index is -0.988. The second-order valence-corrected chi connectivity index (χ2v) is 5.03. The van der Waals surface area contributed by atoms with Crippen LogP contribution < -0.4 is 5.32 Å². The van der Waals surface area contributed by atoms with E-state index in [4.69, 9.17) is 5.11 Å². The lowest BCUT2D eigenvalue weighted by atomic mass is 10.2. The first-order valence-electron chi connectivity index (χ1n) is 7.00. The average molecular weight is 307 g/mol. The molecular formula is C14H17N3O5. The summed E-state index contributed by atoms with van der Waals surface area (Å²) in [4.78, 5) is 34.8. The molecule has 2 N–H and O–H groups in total. The minimum Gasteiger partial charge on any atom is -0.480 e. The number of hydrogen-bond donors (Lipinski definition) is 2. The summed E-state index contributed by atoms with van der Waals surface area (Å²) >= 11 is 0. The maximum atomic E-state index is 12.1. The highest BCUT2D eigenvalue weighted by molar-refractivity contribution is 5.84. The molecule has 2 rings (SSSR count). The highest BCUT2D eigenvalue weighted by atomic mass is 16.6. The summed E-state index contributed by atoms with van der Waals surface area (Å²) in [6.45, 7) is 0.661. The second kappa shape index (κ2) is 6.88. The maximum absolute atomic E-state index is 12.1. The number of hydrogen-bond acceptors (Lipinski definition) is 5. The van der Waals surface area contributed by atoms with E-state index in [0.29, 0.717) is 25.1 Å². The molecule has 1 heterocycles. The highest BCUT2D eigenvalue weighted by Crippen LogP contribution is 2.23. The van der Waals surface area contributed by atoms with Gasteiger partial charge in [0.2, 0.25) is 5.91 Å². The molecule has 1 amide bonds. The van der Waals surface area contributed by atoms with E-state index < -0.39 is 16.9 Å². The van der Waals surface area contributed by atoms with Gasteiger partial charge in [0.25, 0.3) is 5.69 Å². The van der Waals surface area contributed by atoms with Gasteiger partial charge in [-0.2, -0.15) is 0 Å². The first kappa shape index (κ1) is 15.7. The number of nitrogens with zero attached hydrogens (tertiary/aromatic N) is 2. The number of amides is 1. The van der Waals surface area contributed by atoms with Crippen molar-refractivity contribution in [3.05, 3.63) is 34.4 Å². The Morgan fingerprint density at radius 2 is 2.14 bits per heavy atom. The SMILES string of the molecule is O=C(O)[C@H]1CCCN1C(=O)CCNc1ccccc1[N+](=O)[O-]. The highest BCUT2D eigenvalue weighted by Gasteiger charge is 2.33. The molecule has 8 heteroatoms. The molecule has 1 saturated heterocycles. The number of carboxylic acids is 1. The standard InChI is InChI=1S/C14H17N3O5/c18-13(16-9-3-6-12(16)14(19)20)7-8-15-10-4-1-2-5-11(10)17(21)22/h1-2,4-5,12,15H,3,6-9H2,(H,19,20)/t12-/m1/s1. The topological polar surface area (TPSA) is 113 Å². The fourth-order valence-corrected chi connectivity index (χ4v) is 2.55. The van der Waals surface area contributed by atoms with Crippen molar-refractivity contribution in [1.29, 1.82) is 0 Å². The number of benzene rings is 1. The molecule has 0 spiro atoms. The van der Waals surface area contributed by atoms with Crippen LogP contribution in [0.4, 0.5) is 11.4 Å². The average Bonchev–Trinajstić information content (AvgIpc) is 2.97. The molecule has 1 aromatic rings. The molecule has 0 radical (unpaired) electrons. The van der Waals surface area contributed by atoms with Gasteiger partial charge < -0.3 is 15.3 Å². The Balaban J connectivity index is 1.90. The smallest absolute Gasteiger partial charge is 0.326 e. The van der Waals surface area contributed by atoms with Crippen LogP contribution in [-0.2, 0) is 9.59 Å². The number of aliphatic carboxylic acids is 1. The molecule has 0 aliphatic carbocycles. The van der Waals surface area contributed by atoms with Crippen LogP contribution in [0.25, 0.3) is 0 Å². The normalized spacial score (nSPS) is 17.3. The third-order valence-electron chi connectivity index (χ3n) is 3.61. The van der Waals surface area contributed by atoms with Gasteiger partial charge >= 0.3 is 5.97 Å². The molecule has 0 saturated carbocycles. The number of para-hydroxylation sites is 2. The second-order valence-electron chi connectivity index (χ2n) is 5.03. The molecule has 1 fully saturated rings. The van der Waals surface area contributed by atoms with E-state index in [2.05, 4.69) is 5.32 Å². The van der Waals surface area contributed by atoms with Crippen LogP contribution in [0.15, 0.2) is 24.3 Å². The van der Waals surface area contributed by atoms with E-state index in [1.54, 1.807) is 18.2 Å². The van der Waals surface area contributed by atoms with Crippen LogP contribution in [0.5, 0.6) is 0 Å². The van der Waals surface area contributed by atoms with Crippen molar-refractivity contribution in [2.45, 2.75) is 25.3 Å². The van der Waals surface area contributed by atoms with Crippen LogP contribution >= 0.6 is 0 Å². The number of nitro benzene ring substituents is 1. The van der Waals surface area contributed by atoms with Gasteiger partial charge in [0.05, 0.1) is 4.92 Å². The van der Waals surface area contributed by atoms with Gasteiger partial charge in [-0.25, -0.2) is 4.79 Å². The predicted molar refractivity (Wildman–Crippen MR) is 78.6 cm³/mol. The van der Waals surface area contributed by atoms with Crippen molar-refractivity contribution in [3.8, 4) is 0 Å². The molecular weight excluding hydrogens is 290 g/mol. The van der Waals surface area contributed by atoms with Gasteiger partial charge in [-0.15, -0.1) is 0 Å². The Hall–Kier alpha value is -2.64. The monoisotopic (exact) mass is 307 g/mol. The fraction of sp³-hybridized carbons (Fsp3) is 0.429. The number of carbonyl (C=O) groups is 2. The Kier molecular flexibility index (Phi) is 4.92. The van der Waals surface area contributed by atoms with Gasteiger partial charge in [0.1, 0.15) is 11.7 Å². The van der Waals surface area contributed by atoms with E-state index in [9.17, 15) is 19.7 Å². The van der Waals surface area contributed by atoms with Crippen LogP contribution in [-0.4, -0.2) is 45.9 Å². The molecule has 0 unspecified atom stereocenters. The number of likely N-dealkylation sites (tertiary alicyclic amines) is 1. The molecule has 0 bridgehead atoms. The molecule has 8 nitrogen and oxygen atoms in total. The Labute approximate surface area is 126 Å². The van der Waals surface area contributed by atoms with Crippen molar-refractivity contribution in [2.75, 3.05) is 18.4 Å². The van der Waals surface area contributed by atoms with E-state index >= 15 is 0 Å². The lowest BCUT2D eigenvalue weighted by Crippen LogP contribution is -2.40. The number of nitrogens with one attached hydrogen (secondary N) is 1. The first-order valence-corrected chi connectivity index (χ1v) is 7.00.